The standard InChI is InChI=1S/C15H17F3N4/c1-10(2)8-19-13-7-14(21-9-20-13)22-12-5-3-11(4-6-12)15(16,17)18/h3-7,9-10H,8H2,1-2H3,(H2,19,20,21,22). The lowest BCUT2D eigenvalue weighted by Gasteiger charge is -2.11. The summed E-state index contributed by atoms with van der Waals surface area (Å²) in [5, 5.41) is 6.11. The van der Waals surface area contributed by atoms with Crippen LogP contribution in [0.5, 0.6) is 0 Å². The Morgan fingerprint density at radius 2 is 1.68 bits per heavy atom. The van der Waals surface area contributed by atoms with Gasteiger partial charge in [0.25, 0.3) is 0 Å². The van der Waals surface area contributed by atoms with Gasteiger partial charge in [0.15, 0.2) is 0 Å². The van der Waals surface area contributed by atoms with Gasteiger partial charge < -0.3 is 10.6 Å². The minimum Gasteiger partial charge on any atom is -0.370 e. The number of hydrogen-bond donors (Lipinski definition) is 2. The van der Waals surface area contributed by atoms with Gasteiger partial charge in [0.2, 0.25) is 0 Å². The van der Waals surface area contributed by atoms with E-state index in [1.165, 1.54) is 18.5 Å². The van der Waals surface area contributed by atoms with Crippen molar-refractivity contribution < 1.29 is 13.2 Å². The minimum absolute atomic E-state index is 0.473. The summed E-state index contributed by atoms with van der Waals surface area (Å²) < 4.78 is 37.5. The molecule has 0 aliphatic carbocycles. The highest BCUT2D eigenvalue weighted by Crippen LogP contribution is 2.30. The third kappa shape index (κ3) is 4.61. The highest BCUT2D eigenvalue weighted by atomic mass is 19.4. The molecule has 22 heavy (non-hydrogen) atoms. The van der Waals surface area contributed by atoms with Crippen molar-refractivity contribution in [2.24, 2.45) is 5.92 Å². The van der Waals surface area contributed by atoms with Crippen LogP contribution in [0.3, 0.4) is 0 Å². The molecule has 1 aromatic heterocycles. The zero-order valence-electron chi connectivity index (χ0n) is 12.3. The first-order valence-corrected chi connectivity index (χ1v) is 6.85. The van der Waals surface area contributed by atoms with Crippen LogP contribution < -0.4 is 10.6 Å². The van der Waals surface area contributed by atoms with E-state index < -0.39 is 11.7 Å². The number of rotatable bonds is 5. The number of benzene rings is 1. The highest BCUT2D eigenvalue weighted by Gasteiger charge is 2.29. The third-order valence-corrected chi connectivity index (χ3v) is 2.84. The predicted molar refractivity (Wildman–Crippen MR) is 80.1 cm³/mol. The number of halogens is 3. The molecule has 0 fully saturated rings. The molecule has 7 heteroatoms. The van der Waals surface area contributed by atoms with Crippen molar-refractivity contribution in [1.29, 1.82) is 0 Å². The molecule has 1 heterocycles. The zero-order chi connectivity index (χ0) is 16.2. The van der Waals surface area contributed by atoms with E-state index in [4.69, 9.17) is 0 Å². The highest BCUT2D eigenvalue weighted by molar-refractivity contribution is 5.59. The average molecular weight is 310 g/mol. The van der Waals surface area contributed by atoms with Crippen molar-refractivity contribution in [3.63, 3.8) is 0 Å². The SMILES string of the molecule is CC(C)CNc1cc(Nc2ccc(C(F)(F)F)cc2)ncn1. The maximum atomic E-state index is 12.5. The van der Waals surface area contributed by atoms with Crippen molar-refractivity contribution >= 4 is 17.3 Å². The van der Waals surface area contributed by atoms with E-state index in [2.05, 4.69) is 34.4 Å². The number of anilines is 3. The van der Waals surface area contributed by atoms with E-state index in [0.717, 1.165) is 18.7 Å². The fourth-order valence-corrected chi connectivity index (χ4v) is 1.72. The molecule has 0 unspecified atom stereocenters. The lowest BCUT2D eigenvalue weighted by atomic mass is 10.2. The normalized spacial score (nSPS) is 11.5. The van der Waals surface area contributed by atoms with Gasteiger partial charge >= 0.3 is 6.18 Å². The molecule has 0 atom stereocenters. The Labute approximate surface area is 126 Å². The first-order chi connectivity index (χ1) is 10.3. The molecule has 0 amide bonds. The number of aromatic nitrogens is 2. The molecule has 0 saturated heterocycles. The van der Waals surface area contributed by atoms with Crippen LogP contribution in [0.25, 0.3) is 0 Å². The summed E-state index contributed by atoms with van der Waals surface area (Å²) in [5.41, 5.74) is -0.151. The molecule has 2 rings (SSSR count). The van der Waals surface area contributed by atoms with Crippen LogP contribution in [0.2, 0.25) is 0 Å². The quantitative estimate of drug-likeness (QED) is 0.864. The lowest BCUT2D eigenvalue weighted by molar-refractivity contribution is -0.137. The first kappa shape index (κ1) is 16.1. The second kappa shape index (κ2) is 6.64. The molecule has 2 N–H and O–H groups in total. The molecular weight excluding hydrogens is 293 g/mol. The molecule has 0 bridgehead atoms. The smallest absolute Gasteiger partial charge is 0.370 e. The van der Waals surface area contributed by atoms with Gasteiger partial charge in [-0.25, -0.2) is 9.97 Å². The molecule has 2 aromatic rings. The molecule has 0 saturated carbocycles. The van der Waals surface area contributed by atoms with E-state index >= 15 is 0 Å². The summed E-state index contributed by atoms with van der Waals surface area (Å²) in [4.78, 5) is 8.14. The fourth-order valence-electron chi connectivity index (χ4n) is 1.72. The van der Waals surface area contributed by atoms with Crippen molar-refractivity contribution in [2.75, 3.05) is 17.2 Å². The van der Waals surface area contributed by atoms with Gasteiger partial charge in [0.1, 0.15) is 18.0 Å². The summed E-state index contributed by atoms with van der Waals surface area (Å²) in [6.45, 7) is 4.93. The topological polar surface area (TPSA) is 49.8 Å². The second-order valence-corrected chi connectivity index (χ2v) is 5.26. The van der Waals surface area contributed by atoms with Crippen molar-refractivity contribution in [3.05, 3.63) is 42.2 Å². The Kier molecular flexibility index (Phi) is 4.85. The van der Waals surface area contributed by atoms with Crippen molar-refractivity contribution in [1.82, 2.24) is 9.97 Å². The first-order valence-electron chi connectivity index (χ1n) is 6.85. The average Bonchev–Trinajstić information content (AvgIpc) is 2.45. The summed E-state index contributed by atoms with van der Waals surface area (Å²) in [7, 11) is 0. The zero-order valence-corrected chi connectivity index (χ0v) is 12.3. The fraction of sp³-hybridized carbons (Fsp3) is 0.333. The van der Waals surface area contributed by atoms with Crippen molar-refractivity contribution in [2.45, 2.75) is 20.0 Å². The number of alkyl halides is 3. The largest absolute Gasteiger partial charge is 0.416 e. The number of nitrogens with one attached hydrogen (secondary N) is 2. The molecular formula is C15H17F3N4. The maximum absolute atomic E-state index is 12.5. The minimum atomic E-state index is -4.33. The van der Waals surface area contributed by atoms with Crippen LogP contribution in [-0.2, 0) is 6.18 Å². The van der Waals surface area contributed by atoms with E-state index in [-0.39, 0.29) is 0 Å². The van der Waals surface area contributed by atoms with Crippen LogP contribution in [0, 0.1) is 5.92 Å². The van der Waals surface area contributed by atoms with Gasteiger partial charge in [-0.05, 0) is 30.2 Å². The van der Waals surface area contributed by atoms with Crippen LogP contribution in [-0.4, -0.2) is 16.5 Å². The van der Waals surface area contributed by atoms with Gasteiger partial charge in [-0.2, -0.15) is 13.2 Å². The summed E-state index contributed by atoms with van der Waals surface area (Å²) in [6, 6.07) is 6.50. The van der Waals surface area contributed by atoms with Crippen LogP contribution in [0.15, 0.2) is 36.7 Å². The van der Waals surface area contributed by atoms with Gasteiger partial charge in [-0.3, -0.25) is 0 Å². The Morgan fingerprint density at radius 1 is 1.05 bits per heavy atom. The molecule has 1 aromatic carbocycles. The molecule has 0 radical (unpaired) electrons. The van der Waals surface area contributed by atoms with E-state index in [9.17, 15) is 13.2 Å². The lowest BCUT2D eigenvalue weighted by Crippen LogP contribution is -2.09. The summed E-state index contributed by atoms with van der Waals surface area (Å²) >= 11 is 0. The van der Waals surface area contributed by atoms with Gasteiger partial charge in [-0.1, -0.05) is 13.8 Å². The van der Waals surface area contributed by atoms with E-state index in [0.29, 0.717) is 23.2 Å². The maximum Gasteiger partial charge on any atom is 0.416 e. The van der Waals surface area contributed by atoms with Gasteiger partial charge in [0, 0.05) is 18.3 Å². The summed E-state index contributed by atoms with van der Waals surface area (Å²) in [6.07, 6.45) is -2.93. The number of nitrogens with zero attached hydrogens (tertiary/aromatic N) is 2. The third-order valence-electron chi connectivity index (χ3n) is 2.84. The van der Waals surface area contributed by atoms with E-state index in [1.54, 1.807) is 6.07 Å². The van der Waals surface area contributed by atoms with Crippen LogP contribution in [0.1, 0.15) is 19.4 Å². The second-order valence-electron chi connectivity index (χ2n) is 5.26. The van der Waals surface area contributed by atoms with Crippen LogP contribution >= 0.6 is 0 Å². The van der Waals surface area contributed by atoms with Gasteiger partial charge in [0.05, 0.1) is 5.56 Å². The molecule has 0 aliphatic rings. The predicted octanol–water partition coefficient (Wildman–Crippen LogP) is 4.31. The van der Waals surface area contributed by atoms with Gasteiger partial charge in [-0.15, -0.1) is 0 Å². The molecule has 118 valence electrons. The number of hydrogen-bond acceptors (Lipinski definition) is 4. The molecule has 0 aliphatic heterocycles. The Bertz CT molecular complexity index is 609. The van der Waals surface area contributed by atoms with Crippen LogP contribution in [0.4, 0.5) is 30.5 Å². The Hall–Kier alpha value is -2.31. The molecule has 0 spiro atoms. The Balaban J connectivity index is 2.05. The monoisotopic (exact) mass is 310 g/mol. The van der Waals surface area contributed by atoms with E-state index in [1.807, 2.05) is 0 Å². The van der Waals surface area contributed by atoms with Crippen molar-refractivity contribution in [3.8, 4) is 0 Å². The Morgan fingerprint density at radius 3 is 2.27 bits per heavy atom. The molecule has 4 nitrogen and oxygen atoms in total. The summed E-state index contributed by atoms with van der Waals surface area (Å²) in [5.74, 6) is 1.65.